The van der Waals surface area contributed by atoms with E-state index in [1.54, 1.807) is 19.1 Å². The van der Waals surface area contributed by atoms with Crippen molar-refractivity contribution in [3.05, 3.63) is 33.8 Å². The second-order valence-electron chi connectivity index (χ2n) is 3.21. The third-order valence-electron chi connectivity index (χ3n) is 2.01. The summed E-state index contributed by atoms with van der Waals surface area (Å²) in [5.41, 5.74) is 0.484. The van der Waals surface area contributed by atoms with Crippen LogP contribution in [0.15, 0.2) is 22.7 Å². The van der Waals surface area contributed by atoms with Crippen LogP contribution in [0, 0.1) is 11.3 Å². The summed E-state index contributed by atoms with van der Waals surface area (Å²) >= 11 is 3.21. The molecule has 88 valence electrons. The quantitative estimate of drug-likeness (QED) is 0.486. The highest BCUT2D eigenvalue weighted by atomic mass is 79.9. The fourth-order valence-corrected chi connectivity index (χ4v) is 1.65. The van der Waals surface area contributed by atoms with Crippen LogP contribution >= 0.6 is 15.9 Å². The number of carbonyl (C=O) groups is 2. The minimum atomic E-state index is -0.579. The minimum Gasteiger partial charge on any atom is -0.466 e. The zero-order valence-electron chi connectivity index (χ0n) is 9.20. The van der Waals surface area contributed by atoms with Gasteiger partial charge in [-0.15, -0.1) is 0 Å². The Morgan fingerprint density at radius 3 is 2.76 bits per heavy atom. The van der Waals surface area contributed by atoms with Gasteiger partial charge in [-0.25, -0.2) is 0 Å². The van der Waals surface area contributed by atoms with Gasteiger partial charge in [-0.3, -0.25) is 9.59 Å². The molecule has 4 nitrogen and oxygen atoms in total. The second-order valence-corrected chi connectivity index (χ2v) is 4.12. The molecule has 0 atom stereocenters. The highest BCUT2D eigenvalue weighted by Gasteiger charge is 2.16. The van der Waals surface area contributed by atoms with Crippen LogP contribution in [0.3, 0.4) is 0 Å². The molecule has 1 rings (SSSR count). The van der Waals surface area contributed by atoms with Crippen LogP contribution in [0.4, 0.5) is 0 Å². The Bertz CT molecular complexity index is 491. The first-order chi connectivity index (χ1) is 8.08. The number of hydrogen-bond acceptors (Lipinski definition) is 4. The summed E-state index contributed by atoms with van der Waals surface area (Å²) in [5.74, 6) is -0.989. The molecule has 0 aromatic heterocycles. The predicted octanol–water partition coefficient (Wildman–Crippen LogP) is 2.46. The highest BCUT2D eigenvalue weighted by molar-refractivity contribution is 9.10. The fraction of sp³-hybridized carbons (Fsp3) is 0.250. The summed E-state index contributed by atoms with van der Waals surface area (Å²) in [5, 5.41) is 8.89. The first-order valence-corrected chi connectivity index (χ1v) is 5.76. The Labute approximate surface area is 107 Å². The van der Waals surface area contributed by atoms with Crippen molar-refractivity contribution < 1.29 is 14.3 Å². The molecule has 0 fully saturated rings. The number of Topliss-reactive ketones (excluding diaryl/α,β-unsaturated/α-hetero) is 1. The van der Waals surface area contributed by atoms with Gasteiger partial charge in [0.25, 0.3) is 0 Å². The monoisotopic (exact) mass is 295 g/mol. The van der Waals surface area contributed by atoms with E-state index in [2.05, 4.69) is 20.7 Å². The normalized spacial score (nSPS) is 9.47. The van der Waals surface area contributed by atoms with E-state index < -0.39 is 11.8 Å². The number of rotatable bonds is 4. The van der Waals surface area contributed by atoms with Crippen molar-refractivity contribution in [1.29, 1.82) is 5.26 Å². The first kappa shape index (κ1) is 13.4. The molecule has 5 heteroatoms. The van der Waals surface area contributed by atoms with Crippen LogP contribution < -0.4 is 0 Å². The average Bonchev–Trinajstić information content (AvgIpc) is 2.28. The molecular formula is C12H10BrNO3. The van der Waals surface area contributed by atoms with Gasteiger partial charge in [0.05, 0.1) is 18.2 Å². The minimum absolute atomic E-state index is 0.234. The van der Waals surface area contributed by atoms with E-state index in [0.29, 0.717) is 4.47 Å². The number of ether oxygens (including phenoxy) is 1. The van der Waals surface area contributed by atoms with Crippen molar-refractivity contribution in [2.24, 2.45) is 0 Å². The molecule has 17 heavy (non-hydrogen) atoms. The smallest absolute Gasteiger partial charge is 0.313 e. The maximum atomic E-state index is 11.8. The van der Waals surface area contributed by atoms with E-state index in [0.717, 1.165) is 0 Å². The molecule has 0 heterocycles. The Morgan fingerprint density at radius 1 is 1.47 bits per heavy atom. The van der Waals surface area contributed by atoms with Gasteiger partial charge in [0.2, 0.25) is 0 Å². The Kier molecular flexibility index (Phi) is 4.85. The van der Waals surface area contributed by atoms with Crippen molar-refractivity contribution in [3.8, 4) is 6.07 Å². The molecule has 0 aliphatic rings. The van der Waals surface area contributed by atoms with Crippen molar-refractivity contribution in [2.75, 3.05) is 6.61 Å². The van der Waals surface area contributed by atoms with E-state index >= 15 is 0 Å². The van der Waals surface area contributed by atoms with Crippen molar-refractivity contribution in [3.63, 3.8) is 0 Å². The van der Waals surface area contributed by atoms with E-state index in [-0.39, 0.29) is 24.2 Å². The lowest BCUT2D eigenvalue weighted by Crippen LogP contribution is -2.12. The van der Waals surface area contributed by atoms with E-state index in [1.165, 1.54) is 6.07 Å². The summed E-state index contributed by atoms with van der Waals surface area (Å²) in [4.78, 5) is 22.9. The number of nitrogens with zero attached hydrogens (tertiary/aromatic N) is 1. The standard InChI is InChI=1S/C12H10BrNO3/c1-2-17-12(16)6-11(15)10-4-3-9(13)5-8(10)7-14/h3-5H,2,6H2,1H3. The van der Waals surface area contributed by atoms with Crippen molar-refractivity contribution in [2.45, 2.75) is 13.3 Å². The molecular weight excluding hydrogens is 286 g/mol. The van der Waals surface area contributed by atoms with Gasteiger partial charge in [0, 0.05) is 10.0 Å². The van der Waals surface area contributed by atoms with Crippen molar-refractivity contribution in [1.82, 2.24) is 0 Å². The van der Waals surface area contributed by atoms with Gasteiger partial charge >= 0.3 is 5.97 Å². The van der Waals surface area contributed by atoms with Crippen molar-refractivity contribution >= 4 is 27.7 Å². The first-order valence-electron chi connectivity index (χ1n) is 4.97. The lowest BCUT2D eigenvalue weighted by molar-refractivity contribution is -0.141. The summed E-state index contributed by atoms with van der Waals surface area (Å²) < 4.78 is 5.39. The molecule has 0 amide bonds. The SMILES string of the molecule is CCOC(=O)CC(=O)c1ccc(Br)cc1C#N. The van der Waals surface area contributed by atoms with Gasteiger partial charge in [0.1, 0.15) is 6.42 Å². The summed E-state index contributed by atoms with van der Waals surface area (Å²) in [6.45, 7) is 1.90. The number of hydrogen-bond donors (Lipinski definition) is 0. The highest BCUT2D eigenvalue weighted by Crippen LogP contribution is 2.17. The molecule has 0 bridgehead atoms. The second kappa shape index (κ2) is 6.16. The van der Waals surface area contributed by atoms with Crippen LogP contribution in [0.2, 0.25) is 0 Å². The molecule has 0 unspecified atom stereocenters. The van der Waals surface area contributed by atoms with Gasteiger partial charge in [-0.2, -0.15) is 5.26 Å². The maximum absolute atomic E-state index is 11.8. The summed E-state index contributed by atoms with van der Waals surface area (Å²) in [7, 11) is 0. The number of ketones is 1. The Morgan fingerprint density at radius 2 is 2.18 bits per heavy atom. The largest absolute Gasteiger partial charge is 0.466 e. The third-order valence-corrected chi connectivity index (χ3v) is 2.51. The summed E-state index contributed by atoms with van der Waals surface area (Å²) in [6.07, 6.45) is -0.343. The molecule has 0 aliphatic carbocycles. The molecule has 1 aromatic rings. The van der Waals surface area contributed by atoms with Crippen LogP contribution in [0.25, 0.3) is 0 Å². The van der Waals surface area contributed by atoms with E-state index in [9.17, 15) is 9.59 Å². The summed E-state index contributed by atoms with van der Waals surface area (Å²) in [6, 6.07) is 6.63. The van der Waals surface area contributed by atoms with Crippen LogP contribution in [-0.4, -0.2) is 18.4 Å². The molecule has 0 saturated heterocycles. The molecule has 0 aliphatic heterocycles. The van der Waals surface area contributed by atoms with Gasteiger partial charge in [-0.05, 0) is 25.1 Å². The Hall–Kier alpha value is -1.67. The third kappa shape index (κ3) is 3.68. The Balaban J connectivity index is 2.90. The molecule has 0 N–H and O–H groups in total. The van der Waals surface area contributed by atoms with Gasteiger partial charge in [-0.1, -0.05) is 15.9 Å². The lowest BCUT2D eigenvalue weighted by atomic mass is 10.0. The topological polar surface area (TPSA) is 67.2 Å². The molecule has 0 spiro atoms. The number of halogens is 1. The van der Waals surface area contributed by atoms with Gasteiger partial charge in [0.15, 0.2) is 5.78 Å². The number of benzene rings is 1. The van der Waals surface area contributed by atoms with E-state index in [1.807, 2.05) is 6.07 Å². The van der Waals surface area contributed by atoms with Crippen LogP contribution in [0.5, 0.6) is 0 Å². The zero-order chi connectivity index (χ0) is 12.8. The number of nitriles is 1. The lowest BCUT2D eigenvalue weighted by Gasteiger charge is -2.03. The fourth-order valence-electron chi connectivity index (χ4n) is 1.29. The maximum Gasteiger partial charge on any atom is 0.313 e. The number of carbonyl (C=O) groups excluding carboxylic acids is 2. The van der Waals surface area contributed by atoms with Crippen LogP contribution in [0.1, 0.15) is 29.3 Å². The molecule has 1 aromatic carbocycles. The van der Waals surface area contributed by atoms with Gasteiger partial charge < -0.3 is 4.74 Å². The van der Waals surface area contributed by atoms with Crippen LogP contribution in [-0.2, 0) is 9.53 Å². The molecule has 0 saturated carbocycles. The average molecular weight is 296 g/mol. The zero-order valence-corrected chi connectivity index (χ0v) is 10.8. The molecule has 0 radical (unpaired) electrons. The number of esters is 1. The predicted molar refractivity (Wildman–Crippen MR) is 64.4 cm³/mol. The van der Waals surface area contributed by atoms with E-state index in [4.69, 9.17) is 5.26 Å².